The second-order valence-corrected chi connectivity index (χ2v) is 10.2. The number of benzene rings is 1. The molecule has 9 nitrogen and oxygen atoms in total. The Morgan fingerprint density at radius 1 is 1.15 bits per heavy atom. The Morgan fingerprint density at radius 3 is 2.67 bits per heavy atom. The zero-order valence-electron chi connectivity index (χ0n) is 21.9. The molecule has 1 fully saturated rings. The van der Waals surface area contributed by atoms with Crippen LogP contribution in [-0.2, 0) is 11.2 Å². The minimum Gasteiger partial charge on any atom is -0.426 e. The van der Waals surface area contributed by atoms with Crippen LogP contribution in [0.1, 0.15) is 40.7 Å². The highest BCUT2D eigenvalue weighted by Crippen LogP contribution is 2.22. The zero-order chi connectivity index (χ0) is 27.6. The molecule has 4 N–H and O–H groups in total. The van der Waals surface area contributed by atoms with Crippen LogP contribution in [0.3, 0.4) is 0 Å². The third-order valence-corrected chi connectivity index (χ3v) is 7.27. The van der Waals surface area contributed by atoms with Crippen molar-refractivity contribution >= 4 is 40.6 Å². The van der Waals surface area contributed by atoms with Crippen LogP contribution in [0.15, 0.2) is 78.5 Å². The van der Waals surface area contributed by atoms with Gasteiger partial charge in [0.1, 0.15) is 5.84 Å². The van der Waals surface area contributed by atoms with Gasteiger partial charge in [-0.2, -0.15) is 0 Å². The molecule has 0 aliphatic carbocycles. The lowest BCUT2D eigenvalue weighted by molar-refractivity contribution is 0.0740. The Bertz CT molecular complexity index is 1320. The highest BCUT2D eigenvalue weighted by molar-refractivity contribution is 7.12. The number of pyridine rings is 1. The van der Waals surface area contributed by atoms with Gasteiger partial charge in [-0.15, -0.1) is 11.3 Å². The van der Waals surface area contributed by atoms with E-state index in [2.05, 4.69) is 15.2 Å². The first-order valence-electron chi connectivity index (χ1n) is 12.8. The van der Waals surface area contributed by atoms with Crippen LogP contribution in [0.5, 0.6) is 0 Å². The summed E-state index contributed by atoms with van der Waals surface area (Å²) >= 11 is 1.38. The summed E-state index contributed by atoms with van der Waals surface area (Å²) in [6.07, 6.45) is 7.51. The van der Waals surface area contributed by atoms with Gasteiger partial charge in [0.15, 0.2) is 5.90 Å². The van der Waals surface area contributed by atoms with Crippen LogP contribution < -0.4 is 5.32 Å². The maximum Gasteiger partial charge on any atom is 0.269 e. The van der Waals surface area contributed by atoms with Crippen LogP contribution in [0, 0.1) is 16.2 Å². The molecule has 3 aromatic rings. The van der Waals surface area contributed by atoms with E-state index in [1.165, 1.54) is 18.3 Å². The number of amides is 1. The number of anilines is 1. The number of nitrogens with one attached hydrogen (secondary N) is 4. The smallest absolute Gasteiger partial charge is 0.269 e. The minimum absolute atomic E-state index is 0.0544. The summed E-state index contributed by atoms with van der Waals surface area (Å²) in [4.78, 5) is 22.5. The number of piperidine rings is 1. The molecule has 10 heteroatoms. The fraction of sp³-hybridized carbons (Fsp3) is 0.276. The van der Waals surface area contributed by atoms with Gasteiger partial charge in [-0.1, -0.05) is 18.2 Å². The van der Waals surface area contributed by atoms with Gasteiger partial charge in [0.2, 0.25) is 5.90 Å². The van der Waals surface area contributed by atoms with E-state index in [1.54, 1.807) is 41.4 Å². The largest absolute Gasteiger partial charge is 0.426 e. The molecule has 2 aromatic heterocycles. The second kappa shape index (κ2) is 13.6. The molecule has 0 bridgehead atoms. The summed E-state index contributed by atoms with van der Waals surface area (Å²) < 4.78 is 5.08. The summed E-state index contributed by atoms with van der Waals surface area (Å²) in [5, 5.41) is 29.2. The van der Waals surface area contributed by atoms with E-state index in [9.17, 15) is 4.79 Å². The molecule has 1 aliphatic rings. The van der Waals surface area contributed by atoms with E-state index in [0.29, 0.717) is 16.1 Å². The average molecular weight is 544 g/mol. The van der Waals surface area contributed by atoms with Crippen LogP contribution in [0.25, 0.3) is 0 Å². The Labute approximate surface area is 232 Å². The molecule has 0 radical (unpaired) electrons. The number of amidine groups is 1. The lowest BCUT2D eigenvalue weighted by atomic mass is 10.0. The number of aromatic nitrogens is 1. The van der Waals surface area contributed by atoms with Crippen molar-refractivity contribution < 1.29 is 9.53 Å². The number of carbonyl (C=O) groups excluding carboxylic acids is 1. The summed E-state index contributed by atoms with van der Waals surface area (Å²) in [6, 6.07) is 16.6. The molecule has 0 unspecified atom stereocenters. The molecular weight excluding hydrogens is 510 g/mol. The molecule has 1 amide bonds. The molecule has 0 saturated carbocycles. The lowest BCUT2D eigenvalue weighted by Crippen LogP contribution is -2.49. The number of carbonyl (C=O) groups is 1. The van der Waals surface area contributed by atoms with E-state index >= 15 is 0 Å². The van der Waals surface area contributed by atoms with Crippen LogP contribution in [0.4, 0.5) is 5.69 Å². The van der Waals surface area contributed by atoms with Crippen molar-refractivity contribution in [2.75, 3.05) is 25.0 Å². The van der Waals surface area contributed by atoms with Gasteiger partial charge in [-0.05, 0) is 60.7 Å². The quantitative estimate of drug-likeness (QED) is 0.217. The van der Waals surface area contributed by atoms with Gasteiger partial charge in [0, 0.05) is 68.4 Å². The first-order valence-corrected chi connectivity index (χ1v) is 13.7. The molecule has 1 aliphatic heterocycles. The molecule has 0 spiro atoms. The number of likely N-dealkylation sites (tertiary alicyclic amines) is 1. The van der Waals surface area contributed by atoms with Crippen LogP contribution >= 0.6 is 11.3 Å². The zero-order valence-corrected chi connectivity index (χ0v) is 22.7. The van der Waals surface area contributed by atoms with E-state index in [1.807, 2.05) is 41.9 Å². The fourth-order valence-corrected chi connectivity index (χ4v) is 5.13. The predicted octanol–water partition coefficient (Wildman–Crippen LogP) is 5.23. The molecule has 202 valence electrons. The van der Waals surface area contributed by atoms with Gasteiger partial charge >= 0.3 is 0 Å². The van der Waals surface area contributed by atoms with Crippen molar-refractivity contribution in [3.8, 4) is 0 Å². The van der Waals surface area contributed by atoms with Crippen LogP contribution in [0.2, 0.25) is 0 Å². The van der Waals surface area contributed by atoms with Crippen molar-refractivity contribution in [3.63, 3.8) is 0 Å². The molecular formula is C29H33N7O2S. The van der Waals surface area contributed by atoms with Gasteiger partial charge in [-0.25, -0.2) is 0 Å². The number of rotatable bonds is 9. The molecule has 0 atom stereocenters. The van der Waals surface area contributed by atoms with Crippen molar-refractivity contribution in [1.29, 1.82) is 16.2 Å². The third kappa shape index (κ3) is 7.92. The van der Waals surface area contributed by atoms with E-state index in [4.69, 9.17) is 21.0 Å². The average Bonchev–Trinajstić information content (AvgIpc) is 3.48. The lowest BCUT2D eigenvalue weighted by Gasteiger charge is -2.38. The summed E-state index contributed by atoms with van der Waals surface area (Å²) in [7, 11) is 0. The van der Waals surface area contributed by atoms with Crippen molar-refractivity contribution in [2.45, 2.75) is 32.2 Å². The van der Waals surface area contributed by atoms with Crippen molar-refractivity contribution in [1.82, 2.24) is 14.8 Å². The molecule has 39 heavy (non-hydrogen) atoms. The molecule has 1 aromatic carbocycles. The normalized spacial score (nSPS) is 14.2. The van der Waals surface area contributed by atoms with E-state index in [-0.39, 0.29) is 29.6 Å². The standard InChI is InChI=1S/C29H33N7O2S/c1-21(30)38-28(32)22-6-4-8-24(20-22)34-15-10-27(31)36(29(37)26-9-5-19-39-26)25-12-17-35(18-13-25)16-11-23-7-2-3-14-33-23/h2-10,14-15,19-20,25,30-32,34H,11-13,16-18H2,1H3/b15-10-,30-21?,31-27?,32-28?. The Balaban J connectivity index is 1.39. The summed E-state index contributed by atoms with van der Waals surface area (Å²) in [5.41, 5.74) is 2.30. The van der Waals surface area contributed by atoms with Gasteiger partial charge in [-0.3, -0.25) is 30.9 Å². The minimum atomic E-state index is -0.152. The maximum absolute atomic E-state index is 13.4. The van der Waals surface area contributed by atoms with E-state index in [0.717, 1.165) is 44.6 Å². The number of nitrogens with zero attached hydrogens (tertiary/aromatic N) is 3. The van der Waals surface area contributed by atoms with Crippen molar-refractivity contribution in [2.24, 2.45) is 0 Å². The van der Waals surface area contributed by atoms with Crippen LogP contribution in [-0.4, -0.2) is 64.0 Å². The highest BCUT2D eigenvalue weighted by atomic mass is 32.1. The third-order valence-electron chi connectivity index (χ3n) is 6.41. The monoisotopic (exact) mass is 543 g/mol. The summed E-state index contributed by atoms with van der Waals surface area (Å²) in [5.74, 6) is -0.191. The fourth-order valence-electron chi connectivity index (χ4n) is 4.47. The van der Waals surface area contributed by atoms with E-state index < -0.39 is 0 Å². The number of ether oxygens (including phenoxy) is 1. The van der Waals surface area contributed by atoms with Gasteiger partial charge < -0.3 is 15.0 Å². The second-order valence-electron chi connectivity index (χ2n) is 9.23. The number of hydrogen-bond acceptors (Lipinski definition) is 9. The first-order chi connectivity index (χ1) is 18.9. The Kier molecular flexibility index (Phi) is 9.71. The first kappa shape index (κ1) is 27.9. The molecule has 3 heterocycles. The molecule has 1 saturated heterocycles. The SMILES string of the molecule is CC(=N)OC(=N)c1cccc(N/C=C\C(=N)N(C(=O)c2cccs2)C2CCN(CCc3ccccn3)CC2)c1. The number of hydrogen-bond donors (Lipinski definition) is 4. The van der Waals surface area contributed by atoms with Gasteiger partial charge in [0.25, 0.3) is 5.91 Å². The molecule has 4 rings (SSSR count). The van der Waals surface area contributed by atoms with Crippen molar-refractivity contribution in [3.05, 3.63) is 94.6 Å². The summed E-state index contributed by atoms with van der Waals surface area (Å²) in [6.45, 7) is 4.11. The maximum atomic E-state index is 13.4. The topological polar surface area (TPSA) is 129 Å². The van der Waals surface area contributed by atoms with Gasteiger partial charge in [0.05, 0.1) is 4.88 Å². The Morgan fingerprint density at radius 2 is 1.97 bits per heavy atom. The highest BCUT2D eigenvalue weighted by Gasteiger charge is 2.31. The predicted molar refractivity (Wildman–Crippen MR) is 156 cm³/mol. The number of thiophene rings is 1. The Hall–Kier alpha value is -4.15.